The Balaban J connectivity index is 1.96. The largest absolute Gasteiger partial charge is 0.446 e. The third-order valence-corrected chi connectivity index (χ3v) is 4.13. The summed E-state index contributed by atoms with van der Waals surface area (Å²) in [4.78, 5) is 12.0. The summed E-state index contributed by atoms with van der Waals surface area (Å²) in [5, 5.41) is 5.81. The highest BCUT2D eigenvalue weighted by Gasteiger charge is 2.30. The summed E-state index contributed by atoms with van der Waals surface area (Å²) in [7, 11) is 0. The van der Waals surface area contributed by atoms with Crippen molar-refractivity contribution in [2.24, 2.45) is 5.92 Å². The molecule has 1 aromatic carbocycles. The second-order valence-electron chi connectivity index (χ2n) is 4.99. The number of anilines is 1. The maximum Gasteiger partial charge on any atom is 0.446 e. The number of para-hydroxylation sites is 1. The molecular formula is C14H17F3N2OS. The van der Waals surface area contributed by atoms with Crippen molar-refractivity contribution in [1.29, 1.82) is 0 Å². The second-order valence-corrected chi connectivity index (χ2v) is 6.10. The lowest BCUT2D eigenvalue weighted by molar-refractivity contribution is -0.117. The first kappa shape index (κ1) is 16.2. The van der Waals surface area contributed by atoms with E-state index < -0.39 is 5.51 Å². The Morgan fingerprint density at radius 1 is 1.29 bits per heavy atom. The Bertz CT molecular complexity index is 487. The van der Waals surface area contributed by atoms with E-state index in [-0.39, 0.29) is 28.3 Å². The summed E-state index contributed by atoms with van der Waals surface area (Å²) in [5.74, 6) is 0.0748. The maximum absolute atomic E-state index is 12.5. The molecule has 0 radical (unpaired) electrons. The molecule has 1 saturated heterocycles. The van der Waals surface area contributed by atoms with E-state index in [4.69, 9.17) is 0 Å². The van der Waals surface area contributed by atoms with Gasteiger partial charge in [0.15, 0.2) is 0 Å². The third-order valence-electron chi connectivity index (χ3n) is 3.32. The number of thioether (sulfide) groups is 1. The van der Waals surface area contributed by atoms with Gasteiger partial charge in [0, 0.05) is 11.3 Å². The van der Waals surface area contributed by atoms with Crippen molar-refractivity contribution in [3.8, 4) is 0 Å². The predicted molar refractivity (Wildman–Crippen MR) is 77.2 cm³/mol. The van der Waals surface area contributed by atoms with E-state index in [1.165, 1.54) is 18.2 Å². The smallest absolute Gasteiger partial charge is 0.325 e. The van der Waals surface area contributed by atoms with Crippen LogP contribution in [0, 0.1) is 5.92 Å². The Kier molecular flexibility index (Phi) is 5.52. The molecule has 0 unspecified atom stereocenters. The van der Waals surface area contributed by atoms with Crippen LogP contribution in [0.5, 0.6) is 0 Å². The first-order chi connectivity index (χ1) is 9.94. The number of carbonyl (C=O) groups excluding carboxylic acids is 1. The van der Waals surface area contributed by atoms with Crippen molar-refractivity contribution in [2.45, 2.75) is 29.7 Å². The number of benzene rings is 1. The first-order valence-electron chi connectivity index (χ1n) is 6.79. The number of halogens is 3. The van der Waals surface area contributed by atoms with Crippen LogP contribution in [0.2, 0.25) is 0 Å². The van der Waals surface area contributed by atoms with Crippen LogP contribution in [-0.2, 0) is 4.79 Å². The summed E-state index contributed by atoms with van der Waals surface area (Å²) >= 11 is -0.209. The van der Waals surface area contributed by atoms with Gasteiger partial charge in [-0.3, -0.25) is 4.79 Å². The molecule has 0 aliphatic carbocycles. The predicted octanol–water partition coefficient (Wildman–Crippen LogP) is 3.63. The van der Waals surface area contributed by atoms with E-state index in [2.05, 4.69) is 10.6 Å². The Morgan fingerprint density at radius 3 is 2.62 bits per heavy atom. The quantitative estimate of drug-likeness (QED) is 0.833. The van der Waals surface area contributed by atoms with Crippen LogP contribution in [0.1, 0.15) is 19.3 Å². The first-order valence-corrected chi connectivity index (χ1v) is 7.61. The van der Waals surface area contributed by atoms with Gasteiger partial charge in [-0.1, -0.05) is 12.1 Å². The fraction of sp³-hybridized carbons (Fsp3) is 0.500. The summed E-state index contributed by atoms with van der Waals surface area (Å²) in [5.41, 5.74) is -4.14. The van der Waals surface area contributed by atoms with Gasteiger partial charge >= 0.3 is 5.51 Å². The molecule has 2 N–H and O–H groups in total. The van der Waals surface area contributed by atoms with Crippen molar-refractivity contribution in [1.82, 2.24) is 5.32 Å². The summed E-state index contributed by atoms with van der Waals surface area (Å²) in [6.07, 6.45) is 2.20. The van der Waals surface area contributed by atoms with Gasteiger partial charge in [0.25, 0.3) is 0 Å². The Hall–Kier alpha value is -1.21. The molecule has 1 aromatic rings. The van der Waals surface area contributed by atoms with Crippen LogP contribution in [0.4, 0.5) is 18.9 Å². The van der Waals surface area contributed by atoms with Crippen LogP contribution >= 0.6 is 11.8 Å². The van der Waals surface area contributed by atoms with E-state index in [0.717, 1.165) is 25.9 Å². The number of hydrogen-bond acceptors (Lipinski definition) is 3. The summed E-state index contributed by atoms with van der Waals surface area (Å²) in [6.45, 7) is 1.77. The second kappa shape index (κ2) is 7.17. The van der Waals surface area contributed by atoms with Gasteiger partial charge in [-0.05, 0) is 55.7 Å². The molecule has 116 valence electrons. The van der Waals surface area contributed by atoms with Gasteiger partial charge in [-0.25, -0.2) is 0 Å². The van der Waals surface area contributed by atoms with Crippen molar-refractivity contribution in [3.05, 3.63) is 24.3 Å². The molecule has 0 saturated carbocycles. The molecule has 7 heteroatoms. The van der Waals surface area contributed by atoms with Crippen molar-refractivity contribution in [2.75, 3.05) is 18.4 Å². The summed E-state index contributed by atoms with van der Waals surface area (Å²) < 4.78 is 37.4. The van der Waals surface area contributed by atoms with Crippen LogP contribution in [0.15, 0.2) is 29.2 Å². The lowest BCUT2D eigenvalue weighted by atomic mass is 9.94. The molecule has 0 aromatic heterocycles. The Labute approximate surface area is 125 Å². The molecule has 1 aliphatic heterocycles. The highest BCUT2D eigenvalue weighted by atomic mass is 32.2. The topological polar surface area (TPSA) is 41.1 Å². The zero-order valence-corrected chi connectivity index (χ0v) is 12.2. The maximum atomic E-state index is 12.5. The van der Waals surface area contributed by atoms with E-state index >= 15 is 0 Å². The van der Waals surface area contributed by atoms with E-state index in [9.17, 15) is 18.0 Å². The molecule has 3 nitrogen and oxygen atoms in total. The van der Waals surface area contributed by atoms with Crippen LogP contribution in [0.25, 0.3) is 0 Å². The average molecular weight is 318 g/mol. The molecule has 1 amide bonds. The van der Waals surface area contributed by atoms with Gasteiger partial charge in [-0.15, -0.1) is 0 Å². The third kappa shape index (κ3) is 5.59. The molecule has 0 spiro atoms. The number of nitrogens with one attached hydrogen (secondary N) is 2. The van der Waals surface area contributed by atoms with Gasteiger partial charge in [0.1, 0.15) is 0 Å². The molecular weight excluding hydrogens is 301 g/mol. The zero-order valence-electron chi connectivity index (χ0n) is 11.4. The normalized spacial score (nSPS) is 16.7. The van der Waals surface area contributed by atoms with Crippen molar-refractivity contribution in [3.63, 3.8) is 0 Å². The molecule has 1 heterocycles. The minimum atomic E-state index is -4.37. The van der Waals surface area contributed by atoms with Gasteiger partial charge in [0.05, 0.1) is 5.69 Å². The number of amides is 1. The molecule has 1 aliphatic rings. The Morgan fingerprint density at radius 2 is 1.95 bits per heavy atom. The number of rotatable bonds is 4. The summed E-state index contributed by atoms with van der Waals surface area (Å²) in [6, 6.07) is 5.99. The van der Waals surface area contributed by atoms with Crippen LogP contribution < -0.4 is 10.6 Å². The number of hydrogen-bond donors (Lipinski definition) is 2. The number of piperidine rings is 1. The van der Waals surface area contributed by atoms with E-state index in [1.54, 1.807) is 6.07 Å². The van der Waals surface area contributed by atoms with Gasteiger partial charge in [-0.2, -0.15) is 13.2 Å². The molecule has 2 rings (SSSR count). The minimum absolute atomic E-state index is 0.0173. The zero-order chi connectivity index (χ0) is 15.3. The molecule has 0 atom stereocenters. The molecule has 0 bridgehead atoms. The van der Waals surface area contributed by atoms with Crippen LogP contribution in [0.3, 0.4) is 0 Å². The average Bonchev–Trinajstić information content (AvgIpc) is 2.40. The van der Waals surface area contributed by atoms with Crippen LogP contribution in [-0.4, -0.2) is 24.5 Å². The highest BCUT2D eigenvalue weighted by Crippen LogP contribution is 2.40. The monoisotopic (exact) mass is 318 g/mol. The van der Waals surface area contributed by atoms with Gasteiger partial charge < -0.3 is 10.6 Å². The minimum Gasteiger partial charge on any atom is -0.325 e. The SMILES string of the molecule is O=C(CC1CCNCC1)Nc1ccccc1SC(F)(F)F. The fourth-order valence-electron chi connectivity index (χ4n) is 2.33. The van der Waals surface area contributed by atoms with Gasteiger partial charge in [0.2, 0.25) is 5.91 Å². The number of carbonyl (C=O) groups is 1. The lowest BCUT2D eigenvalue weighted by Gasteiger charge is -2.22. The van der Waals surface area contributed by atoms with E-state index in [0.29, 0.717) is 12.3 Å². The lowest BCUT2D eigenvalue weighted by Crippen LogP contribution is -2.30. The standard InChI is InChI=1S/C14H17F3N2OS/c15-14(16,17)21-12-4-2-1-3-11(12)19-13(20)9-10-5-7-18-8-6-10/h1-4,10,18H,5-9H2,(H,19,20). The highest BCUT2D eigenvalue weighted by molar-refractivity contribution is 8.00. The van der Waals surface area contributed by atoms with E-state index in [1.807, 2.05) is 0 Å². The van der Waals surface area contributed by atoms with Crippen molar-refractivity contribution < 1.29 is 18.0 Å². The molecule has 21 heavy (non-hydrogen) atoms. The fourth-order valence-corrected chi connectivity index (χ4v) is 2.96. The molecule has 1 fully saturated rings. The van der Waals surface area contributed by atoms with Crippen molar-refractivity contribution >= 4 is 23.4 Å². The number of alkyl halides is 3.